The number of Topliss-reactive ketones (excluding diaryl/α,β-unsaturated/α-hetero) is 1. The van der Waals surface area contributed by atoms with Gasteiger partial charge in [0.15, 0.2) is 11.9 Å². The molecule has 2 aliphatic rings. The normalized spacial score (nSPS) is 28.7. The van der Waals surface area contributed by atoms with Gasteiger partial charge in [-0.3, -0.25) is 4.79 Å². The molecule has 0 N–H and O–H groups in total. The minimum atomic E-state index is -1.43. The van der Waals surface area contributed by atoms with Crippen LogP contribution >= 0.6 is 23.2 Å². The fourth-order valence-corrected chi connectivity index (χ4v) is 3.73. The van der Waals surface area contributed by atoms with Crippen LogP contribution in [0.15, 0.2) is 42.5 Å². The van der Waals surface area contributed by atoms with E-state index in [-0.39, 0.29) is 5.78 Å². The number of fused-ring (bicyclic) bond motifs is 4. The van der Waals surface area contributed by atoms with Gasteiger partial charge < -0.3 is 14.2 Å². The van der Waals surface area contributed by atoms with Crippen LogP contribution in [0, 0.1) is 0 Å². The maximum atomic E-state index is 12.8. The van der Waals surface area contributed by atoms with Gasteiger partial charge in [0.1, 0.15) is 6.10 Å². The van der Waals surface area contributed by atoms with E-state index in [1.54, 1.807) is 42.5 Å². The van der Waals surface area contributed by atoms with Crippen molar-refractivity contribution in [3.8, 4) is 0 Å². The van der Waals surface area contributed by atoms with Gasteiger partial charge in [0.2, 0.25) is 0 Å². The number of hydrogen-bond donors (Lipinski definition) is 0. The Balaban J connectivity index is 1.89. The number of hydrogen-bond acceptors (Lipinski definition) is 4. The fraction of sp³-hybridized carbons (Fsp3) is 0.235. The Kier molecular flexibility index (Phi) is 3.48. The van der Waals surface area contributed by atoms with Gasteiger partial charge in [-0.05, 0) is 12.1 Å². The quantitative estimate of drug-likeness (QED) is 0.817. The van der Waals surface area contributed by atoms with Crippen molar-refractivity contribution >= 4 is 29.0 Å². The topological polar surface area (TPSA) is 44.8 Å². The summed E-state index contributed by atoms with van der Waals surface area (Å²) in [6.07, 6.45) is -1.60. The first-order valence-electron chi connectivity index (χ1n) is 7.06. The predicted molar refractivity (Wildman–Crippen MR) is 84.6 cm³/mol. The molecule has 3 atom stereocenters. The fourth-order valence-electron chi connectivity index (χ4n) is 3.12. The molecule has 0 amide bonds. The first-order valence-corrected chi connectivity index (χ1v) is 7.81. The number of ketones is 1. The molecule has 2 aromatic carbocycles. The Morgan fingerprint density at radius 3 is 2.35 bits per heavy atom. The highest BCUT2D eigenvalue weighted by Gasteiger charge is 2.59. The maximum Gasteiger partial charge on any atom is 0.313 e. The summed E-state index contributed by atoms with van der Waals surface area (Å²) in [6, 6.07) is 12.2. The molecule has 2 heterocycles. The van der Waals surface area contributed by atoms with Crippen LogP contribution in [-0.2, 0) is 20.2 Å². The van der Waals surface area contributed by atoms with Gasteiger partial charge in [-0.15, -0.1) is 0 Å². The Bertz CT molecular complexity index is 787. The Morgan fingerprint density at radius 2 is 1.65 bits per heavy atom. The molecule has 6 heteroatoms. The van der Waals surface area contributed by atoms with Gasteiger partial charge >= 0.3 is 5.97 Å². The molecule has 1 saturated heterocycles. The van der Waals surface area contributed by atoms with Crippen LogP contribution in [0.5, 0.6) is 0 Å². The lowest BCUT2D eigenvalue weighted by molar-refractivity contribution is -0.343. The molecule has 118 valence electrons. The monoisotopic (exact) mass is 350 g/mol. The number of ether oxygens (including phenoxy) is 3. The van der Waals surface area contributed by atoms with E-state index >= 15 is 0 Å². The molecule has 1 fully saturated rings. The summed E-state index contributed by atoms with van der Waals surface area (Å²) >= 11 is 12.6. The third-order valence-electron chi connectivity index (χ3n) is 4.17. The maximum absolute atomic E-state index is 12.8. The molecule has 0 aromatic heterocycles. The van der Waals surface area contributed by atoms with E-state index in [0.717, 1.165) is 0 Å². The van der Waals surface area contributed by atoms with Crippen LogP contribution in [0.3, 0.4) is 0 Å². The van der Waals surface area contributed by atoms with Crippen molar-refractivity contribution in [1.82, 2.24) is 0 Å². The molecule has 2 aromatic rings. The van der Waals surface area contributed by atoms with E-state index in [1.807, 2.05) is 0 Å². The number of benzene rings is 2. The lowest BCUT2D eigenvalue weighted by Gasteiger charge is -2.30. The van der Waals surface area contributed by atoms with Crippen molar-refractivity contribution in [1.29, 1.82) is 0 Å². The molecule has 4 rings (SSSR count). The average Bonchev–Trinajstić information content (AvgIpc) is 2.91. The average molecular weight is 351 g/mol. The highest BCUT2D eigenvalue weighted by Crippen LogP contribution is 2.52. The van der Waals surface area contributed by atoms with E-state index < -0.39 is 18.2 Å². The summed E-state index contributed by atoms with van der Waals surface area (Å²) in [5, 5.41) is 0.837. The van der Waals surface area contributed by atoms with Crippen LogP contribution in [0.2, 0.25) is 10.0 Å². The zero-order valence-electron chi connectivity index (χ0n) is 12.1. The van der Waals surface area contributed by atoms with Crippen molar-refractivity contribution in [2.45, 2.75) is 18.2 Å². The minimum absolute atomic E-state index is 0.174. The van der Waals surface area contributed by atoms with Gasteiger partial charge in [-0.1, -0.05) is 53.5 Å². The van der Waals surface area contributed by atoms with E-state index in [2.05, 4.69) is 0 Å². The largest absolute Gasteiger partial charge is 0.327 e. The molecule has 23 heavy (non-hydrogen) atoms. The summed E-state index contributed by atoms with van der Waals surface area (Å²) in [5.41, 5.74) is 1.60. The summed E-state index contributed by atoms with van der Waals surface area (Å²) in [4.78, 5) is 12.8. The lowest BCUT2D eigenvalue weighted by atomic mass is 9.93. The third kappa shape index (κ3) is 2.07. The molecule has 0 aliphatic carbocycles. The first-order chi connectivity index (χ1) is 11.1. The molecule has 0 spiro atoms. The standard InChI is InChI=1S/C17H12Cl2O4/c1-21-17-10-6-3-2-5-9(10)14(20)16(23-17)15(22-17)13-11(18)7-4-8-12(13)19/h2-8,15-16H,1H3/t15-,16-,17-/m0/s1. The first kappa shape index (κ1) is 15.1. The van der Waals surface area contributed by atoms with Crippen LogP contribution in [-0.4, -0.2) is 19.0 Å². The highest BCUT2D eigenvalue weighted by molar-refractivity contribution is 6.36. The van der Waals surface area contributed by atoms with Crippen molar-refractivity contribution in [3.05, 3.63) is 69.2 Å². The summed E-state index contributed by atoms with van der Waals surface area (Å²) < 4.78 is 17.4. The molecule has 2 aliphatic heterocycles. The van der Waals surface area contributed by atoms with E-state index in [4.69, 9.17) is 37.4 Å². The Labute approximate surface area is 142 Å². The number of rotatable bonds is 2. The number of methoxy groups -OCH3 is 1. The second-order valence-corrected chi connectivity index (χ2v) is 6.20. The van der Waals surface area contributed by atoms with Crippen LogP contribution in [0.4, 0.5) is 0 Å². The molecule has 4 nitrogen and oxygen atoms in total. The number of carbonyl (C=O) groups excluding carboxylic acids is 1. The van der Waals surface area contributed by atoms with E-state index in [1.165, 1.54) is 7.11 Å². The van der Waals surface area contributed by atoms with Gasteiger partial charge in [-0.2, -0.15) is 0 Å². The van der Waals surface area contributed by atoms with E-state index in [9.17, 15) is 4.79 Å². The lowest BCUT2D eigenvalue weighted by Crippen LogP contribution is -2.39. The second-order valence-electron chi connectivity index (χ2n) is 5.38. The SMILES string of the molecule is CO[C@@]12O[C@@H](C(=O)c3ccccc31)[C@H](c1c(Cl)cccc1Cl)O2. The highest BCUT2D eigenvalue weighted by atomic mass is 35.5. The second kappa shape index (κ2) is 5.30. The van der Waals surface area contributed by atoms with Crippen molar-refractivity contribution in [3.63, 3.8) is 0 Å². The smallest absolute Gasteiger partial charge is 0.313 e. The molecular formula is C17H12Cl2O4. The summed E-state index contributed by atoms with van der Waals surface area (Å²) in [7, 11) is 1.47. The van der Waals surface area contributed by atoms with Crippen LogP contribution < -0.4 is 0 Å². The Morgan fingerprint density at radius 1 is 1.00 bits per heavy atom. The predicted octanol–water partition coefficient (Wildman–Crippen LogP) is 4.10. The van der Waals surface area contributed by atoms with Gasteiger partial charge in [-0.25, -0.2) is 0 Å². The van der Waals surface area contributed by atoms with Crippen molar-refractivity contribution in [2.24, 2.45) is 0 Å². The molecule has 2 bridgehead atoms. The minimum Gasteiger partial charge on any atom is -0.327 e. The van der Waals surface area contributed by atoms with Crippen molar-refractivity contribution < 1.29 is 19.0 Å². The molecule has 0 unspecified atom stereocenters. The van der Waals surface area contributed by atoms with Gasteiger partial charge in [0.25, 0.3) is 0 Å². The molecular weight excluding hydrogens is 339 g/mol. The molecule has 0 radical (unpaired) electrons. The molecule has 0 saturated carbocycles. The Hall–Kier alpha value is -1.43. The third-order valence-corrected chi connectivity index (χ3v) is 4.83. The van der Waals surface area contributed by atoms with Gasteiger partial charge in [0, 0.05) is 28.3 Å². The zero-order valence-corrected chi connectivity index (χ0v) is 13.6. The van der Waals surface area contributed by atoms with Crippen LogP contribution in [0.1, 0.15) is 27.6 Å². The van der Waals surface area contributed by atoms with Crippen LogP contribution in [0.25, 0.3) is 0 Å². The number of halogens is 2. The summed E-state index contributed by atoms with van der Waals surface area (Å²) in [5.74, 6) is -1.60. The van der Waals surface area contributed by atoms with E-state index in [0.29, 0.717) is 26.7 Å². The van der Waals surface area contributed by atoms with Gasteiger partial charge in [0.05, 0.1) is 5.56 Å². The number of carbonyl (C=O) groups is 1. The zero-order chi connectivity index (χ0) is 16.2. The summed E-state index contributed by atoms with van der Waals surface area (Å²) in [6.45, 7) is 0. The van der Waals surface area contributed by atoms with Crippen molar-refractivity contribution in [2.75, 3.05) is 7.11 Å².